The van der Waals surface area contributed by atoms with Gasteiger partial charge in [-0.2, -0.15) is 0 Å². The van der Waals surface area contributed by atoms with Crippen LogP contribution in [0.15, 0.2) is 30.3 Å². The summed E-state index contributed by atoms with van der Waals surface area (Å²) < 4.78 is 5.24. The highest BCUT2D eigenvalue weighted by atomic mass is 16.6. The van der Waals surface area contributed by atoms with Crippen LogP contribution in [-0.2, 0) is 14.3 Å². The molecule has 0 aliphatic heterocycles. The number of ether oxygens (including phenoxy) is 1. The lowest BCUT2D eigenvalue weighted by Gasteiger charge is -2.33. The highest BCUT2D eigenvalue weighted by molar-refractivity contribution is 5.92. The van der Waals surface area contributed by atoms with E-state index in [1.54, 1.807) is 27.7 Å². The third kappa shape index (κ3) is 8.13. The molecule has 1 aromatic rings. The maximum absolute atomic E-state index is 13.2. The van der Waals surface area contributed by atoms with Crippen molar-refractivity contribution in [2.24, 2.45) is 0 Å². The van der Waals surface area contributed by atoms with Crippen molar-refractivity contribution >= 4 is 17.9 Å². The average Bonchev–Trinajstić information content (AvgIpc) is 2.59. The Labute approximate surface area is 174 Å². The van der Waals surface area contributed by atoms with Crippen molar-refractivity contribution < 1.29 is 19.1 Å². The predicted octanol–water partition coefficient (Wildman–Crippen LogP) is 3.40. The quantitative estimate of drug-likeness (QED) is 0.694. The monoisotopic (exact) mass is 405 g/mol. The van der Waals surface area contributed by atoms with Crippen LogP contribution in [0.2, 0.25) is 0 Å². The Bertz CT molecular complexity index is 683. The van der Waals surface area contributed by atoms with Gasteiger partial charge in [-0.25, -0.2) is 4.79 Å². The van der Waals surface area contributed by atoms with Gasteiger partial charge in [-0.05, 0) is 53.5 Å². The van der Waals surface area contributed by atoms with E-state index in [1.807, 2.05) is 51.1 Å². The van der Waals surface area contributed by atoms with Gasteiger partial charge in [0.05, 0.1) is 0 Å². The minimum absolute atomic E-state index is 0.0652. The summed E-state index contributed by atoms with van der Waals surface area (Å²) in [5.74, 6) is -0.595. The lowest BCUT2D eigenvalue weighted by molar-refractivity contribution is -0.142. The van der Waals surface area contributed by atoms with Crippen molar-refractivity contribution in [3.8, 4) is 0 Å². The molecule has 0 spiro atoms. The summed E-state index contributed by atoms with van der Waals surface area (Å²) >= 11 is 0. The number of nitrogens with one attached hydrogen (secondary N) is 2. The summed E-state index contributed by atoms with van der Waals surface area (Å²) in [6, 6.07) is 7.50. The molecule has 0 saturated heterocycles. The Hall–Kier alpha value is -2.57. The van der Waals surface area contributed by atoms with Gasteiger partial charge in [-0.3, -0.25) is 9.59 Å². The topological polar surface area (TPSA) is 87.7 Å². The Kier molecular flexibility index (Phi) is 9.14. The lowest BCUT2D eigenvalue weighted by Crippen LogP contribution is -2.52. The number of hydrogen-bond acceptors (Lipinski definition) is 4. The van der Waals surface area contributed by atoms with Gasteiger partial charge in [0.1, 0.15) is 17.7 Å². The molecule has 2 atom stereocenters. The fourth-order valence-electron chi connectivity index (χ4n) is 2.87. The standard InChI is InChI=1S/C22H35N3O4/c1-8-14-25(20(27)16(4)24-21(28)29-22(5,6)7)18(19(26)23-15(2)3)17-12-10-9-11-13-17/h9-13,15-16,18H,8,14H2,1-7H3,(H,23,26)(H,24,28). The fraction of sp³-hybridized carbons (Fsp3) is 0.591. The van der Waals surface area contributed by atoms with E-state index in [4.69, 9.17) is 4.74 Å². The summed E-state index contributed by atoms with van der Waals surface area (Å²) in [4.78, 5) is 39.8. The summed E-state index contributed by atoms with van der Waals surface area (Å²) in [5, 5.41) is 5.48. The zero-order chi connectivity index (χ0) is 22.2. The molecule has 0 aliphatic rings. The maximum atomic E-state index is 13.2. The van der Waals surface area contributed by atoms with Crippen molar-refractivity contribution in [2.75, 3.05) is 6.54 Å². The summed E-state index contributed by atoms with van der Waals surface area (Å²) in [5.41, 5.74) is 0.0524. The van der Waals surface area contributed by atoms with E-state index in [9.17, 15) is 14.4 Å². The zero-order valence-electron chi connectivity index (χ0n) is 18.6. The third-order valence-corrected chi connectivity index (χ3v) is 3.96. The van der Waals surface area contributed by atoms with Gasteiger partial charge in [0.2, 0.25) is 11.8 Å². The second-order valence-electron chi connectivity index (χ2n) is 8.38. The first-order valence-corrected chi connectivity index (χ1v) is 10.1. The van der Waals surface area contributed by atoms with Crippen LogP contribution in [0.5, 0.6) is 0 Å². The number of benzene rings is 1. The molecule has 0 bridgehead atoms. The molecule has 1 aromatic carbocycles. The molecule has 0 aliphatic carbocycles. The molecule has 0 saturated carbocycles. The van der Waals surface area contributed by atoms with E-state index in [2.05, 4.69) is 10.6 Å². The van der Waals surface area contributed by atoms with E-state index in [1.165, 1.54) is 4.90 Å². The minimum Gasteiger partial charge on any atom is -0.444 e. The number of rotatable bonds is 8. The highest BCUT2D eigenvalue weighted by Gasteiger charge is 2.34. The zero-order valence-corrected chi connectivity index (χ0v) is 18.6. The smallest absolute Gasteiger partial charge is 0.408 e. The summed E-state index contributed by atoms with van der Waals surface area (Å²) in [6.45, 7) is 12.9. The number of amides is 3. The van der Waals surface area contributed by atoms with Gasteiger partial charge in [-0.1, -0.05) is 37.3 Å². The van der Waals surface area contributed by atoms with E-state index < -0.39 is 23.8 Å². The molecule has 7 nitrogen and oxygen atoms in total. The van der Waals surface area contributed by atoms with E-state index >= 15 is 0 Å². The second kappa shape index (κ2) is 10.8. The van der Waals surface area contributed by atoms with E-state index in [0.29, 0.717) is 13.0 Å². The first-order valence-electron chi connectivity index (χ1n) is 10.1. The van der Waals surface area contributed by atoms with Gasteiger partial charge in [0.25, 0.3) is 0 Å². The number of hydrogen-bond donors (Lipinski definition) is 2. The molecule has 0 fully saturated rings. The van der Waals surface area contributed by atoms with Crippen molar-refractivity contribution in [1.82, 2.24) is 15.5 Å². The Morgan fingerprint density at radius 3 is 2.10 bits per heavy atom. The van der Waals surface area contributed by atoms with Crippen molar-refractivity contribution in [3.05, 3.63) is 35.9 Å². The Morgan fingerprint density at radius 2 is 1.62 bits per heavy atom. The van der Waals surface area contributed by atoms with Gasteiger partial charge < -0.3 is 20.3 Å². The number of carbonyl (C=O) groups is 3. The predicted molar refractivity (Wildman–Crippen MR) is 113 cm³/mol. The van der Waals surface area contributed by atoms with Crippen molar-refractivity contribution in [3.63, 3.8) is 0 Å². The molecule has 2 unspecified atom stereocenters. The largest absolute Gasteiger partial charge is 0.444 e. The molecule has 7 heteroatoms. The van der Waals surface area contributed by atoms with Gasteiger partial charge in [-0.15, -0.1) is 0 Å². The van der Waals surface area contributed by atoms with Gasteiger partial charge in [0.15, 0.2) is 0 Å². The third-order valence-electron chi connectivity index (χ3n) is 3.96. The molecule has 0 heterocycles. The second-order valence-corrected chi connectivity index (χ2v) is 8.38. The first kappa shape index (κ1) is 24.5. The van der Waals surface area contributed by atoms with Crippen LogP contribution in [0.25, 0.3) is 0 Å². The molecular weight excluding hydrogens is 370 g/mol. The number of alkyl carbamates (subject to hydrolysis) is 1. The van der Waals surface area contributed by atoms with Crippen LogP contribution < -0.4 is 10.6 Å². The molecule has 162 valence electrons. The van der Waals surface area contributed by atoms with Crippen LogP contribution in [0.1, 0.15) is 66.5 Å². The fourth-order valence-corrected chi connectivity index (χ4v) is 2.87. The Morgan fingerprint density at radius 1 is 1.03 bits per heavy atom. The summed E-state index contributed by atoms with van der Waals surface area (Å²) in [7, 11) is 0. The van der Waals surface area contributed by atoms with Crippen molar-refractivity contribution in [1.29, 1.82) is 0 Å². The molecule has 0 radical (unpaired) electrons. The normalized spacial score (nSPS) is 13.4. The van der Waals surface area contributed by atoms with Crippen LogP contribution in [0.4, 0.5) is 4.79 Å². The van der Waals surface area contributed by atoms with E-state index in [-0.39, 0.29) is 17.9 Å². The summed E-state index contributed by atoms with van der Waals surface area (Å²) in [6.07, 6.45) is 0.00103. The molecule has 1 rings (SSSR count). The van der Waals surface area contributed by atoms with Crippen LogP contribution in [0, 0.1) is 0 Å². The van der Waals surface area contributed by atoms with Crippen molar-refractivity contribution in [2.45, 2.75) is 78.6 Å². The number of nitrogens with zero attached hydrogens (tertiary/aromatic N) is 1. The Balaban J connectivity index is 3.14. The number of carbonyl (C=O) groups excluding carboxylic acids is 3. The first-order chi connectivity index (χ1) is 13.5. The van der Waals surface area contributed by atoms with Crippen LogP contribution in [0.3, 0.4) is 0 Å². The lowest BCUT2D eigenvalue weighted by atomic mass is 10.0. The van der Waals surface area contributed by atoms with Crippen LogP contribution in [-0.4, -0.2) is 47.0 Å². The highest BCUT2D eigenvalue weighted by Crippen LogP contribution is 2.23. The molecular formula is C22H35N3O4. The molecule has 3 amide bonds. The van der Waals surface area contributed by atoms with E-state index in [0.717, 1.165) is 5.56 Å². The average molecular weight is 406 g/mol. The molecule has 29 heavy (non-hydrogen) atoms. The molecule has 2 N–H and O–H groups in total. The molecule has 0 aromatic heterocycles. The van der Waals surface area contributed by atoms with Gasteiger partial charge >= 0.3 is 6.09 Å². The van der Waals surface area contributed by atoms with Gasteiger partial charge in [0, 0.05) is 12.6 Å². The van der Waals surface area contributed by atoms with Crippen LogP contribution >= 0.6 is 0 Å². The minimum atomic E-state index is -0.838. The maximum Gasteiger partial charge on any atom is 0.408 e. The SMILES string of the molecule is CCCN(C(=O)C(C)NC(=O)OC(C)(C)C)C(C(=O)NC(C)C)c1ccccc1.